The Hall–Kier alpha value is -3.47. The second-order valence-electron chi connectivity index (χ2n) is 7.88. The number of ether oxygens (including phenoxy) is 6. The number of ketones is 1. The number of benzene rings is 1. The molecule has 1 fully saturated rings. The third-order valence-electron chi connectivity index (χ3n) is 4.85. The zero-order chi connectivity index (χ0) is 26.1. The Morgan fingerprint density at radius 1 is 0.771 bits per heavy atom. The molecule has 1 aliphatic rings. The monoisotopic (exact) mass is 494 g/mol. The number of esters is 4. The minimum absolute atomic E-state index is 0.0219. The van der Waals surface area contributed by atoms with Crippen LogP contribution >= 0.6 is 0 Å². The zero-order valence-corrected chi connectivity index (χ0v) is 20.3. The first kappa shape index (κ1) is 27.8. The first-order valence-corrected chi connectivity index (χ1v) is 11.1. The molecular weight excluding hydrogens is 464 g/mol. The Labute approximate surface area is 202 Å². The van der Waals surface area contributed by atoms with Gasteiger partial charge in [0.25, 0.3) is 0 Å². The molecule has 2 rings (SSSR count). The predicted molar refractivity (Wildman–Crippen MR) is 118 cm³/mol. The van der Waals surface area contributed by atoms with E-state index in [1.165, 1.54) is 19.1 Å². The van der Waals surface area contributed by atoms with Crippen LogP contribution in [0.15, 0.2) is 24.3 Å². The second-order valence-corrected chi connectivity index (χ2v) is 7.88. The smallest absolute Gasteiger partial charge is 0.303 e. The molecule has 192 valence electrons. The SMILES string of the molecule is CCCC(=O)c1ccc(OC2OC(COC(C)=O)C(OC(C)=O)C(OC(C)=O)C2OC(C)=O)cc1. The third-order valence-corrected chi connectivity index (χ3v) is 4.85. The van der Waals surface area contributed by atoms with Crippen molar-refractivity contribution in [2.45, 2.75) is 78.2 Å². The van der Waals surface area contributed by atoms with Crippen LogP contribution in [0.5, 0.6) is 5.75 Å². The van der Waals surface area contributed by atoms with Gasteiger partial charge in [-0.2, -0.15) is 0 Å². The van der Waals surface area contributed by atoms with E-state index in [1.54, 1.807) is 12.1 Å². The maximum absolute atomic E-state index is 12.1. The van der Waals surface area contributed by atoms with Crippen LogP contribution in [0.1, 0.15) is 57.8 Å². The first-order chi connectivity index (χ1) is 16.5. The molecular formula is C24H30O11. The van der Waals surface area contributed by atoms with Gasteiger partial charge in [0.2, 0.25) is 12.4 Å². The van der Waals surface area contributed by atoms with Gasteiger partial charge >= 0.3 is 23.9 Å². The van der Waals surface area contributed by atoms with Crippen molar-refractivity contribution in [1.29, 1.82) is 0 Å². The molecule has 0 amide bonds. The molecule has 0 N–H and O–H groups in total. The molecule has 35 heavy (non-hydrogen) atoms. The first-order valence-electron chi connectivity index (χ1n) is 11.1. The fourth-order valence-electron chi connectivity index (χ4n) is 3.51. The van der Waals surface area contributed by atoms with Gasteiger partial charge in [0, 0.05) is 39.7 Å². The van der Waals surface area contributed by atoms with E-state index in [9.17, 15) is 24.0 Å². The summed E-state index contributed by atoms with van der Waals surface area (Å²) in [5, 5.41) is 0. The molecule has 0 aromatic heterocycles. The van der Waals surface area contributed by atoms with Crippen LogP contribution < -0.4 is 4.74 Å². The highest BCUT2D eigenvalue weighted by molar-refractivity contribution is 5.96. The molecule has 1 aromatic rings. The molecule has 0 bridgehead atoms. The van der Waals surface area contributed by atoms with Crippen molar-refractivity contribution in [1.82, 2.24) is 0 Å². The number of carbonyl (C=O) groups is 5. The van der Waals surface area contributed by atoms with E-state index in [2.05, 4.69) is 0 Å². The maximum Gasteiger partial charge on any atom is 0.303 e. The van der Waals surface area contributed by atoms with Crippen molar-refractivity contribution in [3.05, 3.63) is 29.8 Å². The van der Waals surface area contributed by atoms with E-state index in [0.717, 1.165) is 20.8 Å². The number of hydrogen-bond acceptors (Lipinski definition) is 11. The molecule has 0 aliphatic carbocycles. The molecule has 1 saturated heterocycles. The summed E-state index contributed by atoms with van der Waals surface area (Å²) in [7, 11) is 0. The van der Waals surface area contributed by atoms with Gasteiger partial charge < -0.3 is 28.4 Å². The van der Waals surface area contributed by atoms with Crippen LogP contribution in [0, 0.1) is 0 Å². The van der Waals surface area contributed by atoms with Crippen LogP contribution in [0.3, 0.4) is 0 Å². The summed E-state index contributed by atoms with van der Waals surface area (Å²) in [5.41, 5.74) is 0.501. The summed E-state index contributed by atoms with van der Waals surface area (Å²) < 4.78 is 32.8. The van der Waals surface area contributed by atoms with Crippen LogP contribution in [0.2, 0.25) is 0 Å². The van der Waals surface area contributed by atoms with Gasteiger partial charge in [0.1, 0.15) is 18.5 Å². The number of rotatable bonds is 10. The summed E-state index contributed by atoms with van der Waals surface area (Å²) >= 11 is 0. The minimum Gasteiger partial charge on any atom is -0.463 e. The topological polar surface area (TPSA) is 141 Å². The molecule has 1 heterocycles. The van der Waals surface area contributed by atoms with E-state index in [1.807, 2.05) is 6.92 Å². The number of Topliss-reactive ketones (excluding diaryl/α,β-unsaturated/α-hetero) is 1. The van der Waals surface area contributed by atoms with E-state index in [4.69, 9.17) is 28.4 Å². The fourth-order valence-corrected chi connectivity index (χ4v) is 3.51. The molecule has 0 spiro atoms. The molecule has 11 nitrogen and oxygen atoms in total. The Bertz CT molecular complexity index is 924. The van der Waals surface area contributed by atoms with Crippen molar-refractivity contribution in [3.63, 3.8) is 0 Å². The fraction of sp³-hybridized carbons (Fsp3) is 0.542. The summed E-state index contributed by atoms with van der Waals surface area (Å²) in [6, 6.07) is 6.24. The Balaban J connectivity index is 2.40. The second kappa shape index (κ2) is 12.8. The van der Waals surface area contributed by atoms with Gasteiger partial charge in [0.15, 0.2) is 18.0 Å². The van der Waals surface area contributed by atoms with Crippen LogP contribution in [0.25, 0.3) is 0 Å². The Morgan fingerprint density at radius 2 is 1.31 bits per heavy atom. The third kappa shape index (κ3) is 8.36. The highest BCUT2D eigenvalue weighted by Gasteiger charge is 2.53. The minimum atomic E-state index is -1.34. The van der Waals surface area contributed by atoms with Crippen molar-refractivity contribution in [2.75, 3.05) is 6.61 Å². The van der Waals surface area contributed by atoms with Gasteiger partial charge in [-0.15, -0.1) is 0 Å². The highest BCUT2D eigenvalue weighted by Crippen LogP contribution is 2.31. The van der Waals surface area contributed by atoms with E-state index in [0.29, 0.717) is 18.4 Å². The molecule has 0 saturated carbocycles. The molecule has 1 aliphatic heterocycles. The van der Waals surface area contributed by atoms with Crippen molar-refractivity contribution < 1.29 is 52.4 Å². The van der Waals surface area contributed by atoms with Gasteiger partial charge in [0.05, 0.1) is 0 Å². The van der Waals surface area contributed by atoms with Gasteiger partial charge in [-0.1, -0.05) is 6.92 Å². The van der Waals surface area contributed by atoms with Crippen LogP contribution in [-0.4, -0.2) is 67.0 Å². The Kier molecular flexibility index (Phi) is 10.2. The van der Waals surface area contributed by atoms with Gasteiger partial charge in [-0.3, -0.25) is 24.0 Å². The number of carbonyl (C=O) groups excluding carboxylic acids is 5. The number of hydrogen-bond donors (Lipinski definition) is 0. The lowest BCUT2D eigenvalue weighted by Gasteiger charge is -2.43. The summed E-state index contributed by atoms with van der Waals surface area (Å²) in [4.78, 5) is 59.0. The largest absolute Gasteiger partial charge is 0.463 e. The Morgan fingerprint density at radius 3 is 1.83 bits per heavy atom. The van der Waals surface area contributed by atoms with Crippen LogP contribution in [0.4, 0.5) is 0 Å². The summed E-state index contributed by atoms with van der Waals surface area (Å²) in [5.74, 6) is -2.58. The van der Waals surface area contributed by atoms with Crippen LogP contribution in [-0.2, 0) is 42.9 Å². The van der Waals surface area contributed by atoms with E-state index >= 15 is 0 Å². The van der Waals surface area contributed by atoms with Gasteiger partial charge in [-0.25, -0.2) is 0 Å². The lowest BCUT2D eigenvalue weighted by molar-refractivity contribution is -0.288. The molecule has 5 atom stereocenters. The predicted octanol–water partition coefficient (Wildman–Crippen LogP) is 2.13. The lowest BCUT2D eigenvalue weighted by Crippen LogP contribution is -2.63. The maximum atomic E-state index is 12.1. The van der Waals surface area contributed by atoms with Crippen molar-refractivity contribution >= 4 is 29.7 Å². The molecule has 11 heteroatoms. The summed E-state index contributed by atoms with van der Waals surface area (Å²) in [6.45, 7) is 6.14. The standard InChI is InChI=1S/C24H30O11/c1-6-7-19(29)17-8-10-18(11-9-17)34-24-23(33-16(5)28)22(32-15(4)27)21(31-14(3)26)20(35-24)12-30-13(2)25/h8-11,20-24H,6-7,12H2,1-5H3. The van der Waals surface area contributed by atoms with Gasteiger partial charge in [-0.05, 0) is 30.7 Å². The molecule has 5 unspecified atom stereocenters. The lowest BCUT2D eigenvalue weighted by atomic mass is 9.98. The van der Waals surface area contributed by atoms with Crippen molar-refractivity contribution in [2.24, 2.45) is 0 Å². The summed E-state index contributed by atoms with van der Waals surface area (Å²) in [6.07, 6.45) is -5.28. The van der Waals surface area contributed by atoms with E-state index in [-0.39, 0.29) is 18.1 Å². The average Bonchev–Trinajstić information content (AvgIpc) is 2.76. The average molecular weight is 494 g/mol. The zero-order valence-electron chi connectivity index (χ0n) is 20.3. The molecule has 0 radical (unpaired) electrons. The molecule has 1 aromatic carbocycles. The normalized spacial score (nSPS) is 23.5. The van der Waals surface area contributed by atoms with E-state index < -0.39 is 54.6 Å². The van der Waals surface area contributed by atoms with Crippen molar-refractivity contribution in [3.8, 4) is 5.75 Å². The quantitative estimate of drug-likeness (QED) is 0.268. The highest BCUT2D eigenvalue weighted by atomic mass is 16.7.